The molecule has 0 heterocycles. The first-order valence-electron chi connectivity index (χ1n) is 6.49. The van der Waals surface area contributed by atoms with Gasteiger partial charge in [-0.05, 0) is 73.2 Å². The summed E-state index contributed by atoms with van der Waals surface area (Å²) in [5.74, 6) is -1.72. The second-order valence-corrected chi connectivity index (χ2v) is 5.65. The monoisotopic (exact) mass is 294 g/mol. The van der Waals surface area contributed by atoms with Crippen LogP contribution in [-0.4, -0.2) is 0 Å². The summed E-state index contributed by atoms with van der Waals surface area (Å²) in [5, 5.41) is -0.483. The second-order valence-electron chi connectivity index (χ2n) is 5.21. The maximum Gasteiger partial charge on any atom is 0.159 e. The minimum Gasteiger partial charge on any atom is -0.204 e. The fraction of sp³-hybridized carbons (Fsp3) is 0.294. The van der Waals surface area contributed by atoms with E-state index in [9.17, 15) is 8.78 Å². The van der Waals surface area contributed by atoms with Crippen LogP contribution in [0.1, 0.15) is 38.8 Å². The van der Waals surface area contributed by atoms with Gasteiger partial charge in [0, 0.05) is 0 Å². The van der Waals surface area contributed by atoms with Gasteiger partial charge in [-0.1, -0.05) is 12.1 Å². The number of halogens is 3. The molecule has 3 heteroatoms. The summed E-state index contributed by atoms with van der Waals surface area (Å²) in [6.45, 7) is 8.07. The fourth-order valence-corrected chi connectivity index (χ4v) is 2.93. The van der Waals surface area contributed by atoms with Gasteiger partial charge in [0.1, 0.15) is 0 Å². The van der Waals surface area contributed by atoms with Crippen molar-refractivity contribution >= 4 is 11.6 Å². The minimum absolute atomic E-state index is 0.483. The number of rotatable bonds is 2. The molecule has 2 aromatic rings. The molecule has 1 atom stereocenters. The number of aryl methyl sites for hydroxylation is 2. The van der Waals surface area contributed by atoms with Gasteiger partial charge in [-0.2, -0.15) is 0 Å². The van der Waals surface area contributed by atoms with E-state index in [-0.39, 0.29) is 0 Å². The summed E-state index contributed by atoms with van der Waals surface area (Å²) in [5.41, 5.74) is 6.04. The van der Waals surface area contributed by atoms with E-state index in [1.54, 1.807) is 0 Å². The van der Waals surface area contributed by atoms with Gasteiger partial charge in [0.15, 0.2) is 11.6 Å². The quantitative estimate of drug-likeness (QED) is 0.639. The van der Waals surface area contributed by atoms with Crippen LogP contribution < -0.4 is 0 Å². The van der Waals surface area contributed by atoms with Crippen LogP contribution in [0.5, 0.6) is 0 Å². The first kappa shape index (κ1) is 15.0. The molecule has 1 unspecified atom stereocenters. The summed E-state index contributed by atoms with van der Waals surface area (Å²) >= 11 is 6.52. The molecule has 0 saturated heterocycles. The molecule has 106 valence electrons. The topological polar surface area (TPSA) is 0 Å². The summed E-state index contributed by atoms with van der Waals surface area (Å²) in [6, 6.07) is 5.94. The van der Waals surface area contributed by atoms with Crippen molar-refractivity contribution in [3.63, 3.8) is 0 Å². The van der Waals surface area contributed by atoms with Gasteiger partial charge in [-0.15, -0.1) is 11.6 Å². The van der Waals surface area contributed by atoms with E-state index in [0.717, 1.165) is 33.9 Å². The molecule has 0 N–H and O–H groups in total. The first-order chi connectivity index (χ1) is 9.32. The van der Waals surface area contributed by atoms with Crippen LogP contribution in [0.25, 0.3) is 0 Å². The third-order valence-corrected chi connectivity index (χ3v) is 4.38. The minimum atomic E-state index is -0.868. The Morgan fingerprint density at radius 1 is 0.850 bits per heavy atom. The Morgan fingerprint density at radius 3 is 1.90 bits per heavy atom. The fourth-order valence-electron chi connectivity index (χ4n) is 2.46. The van der Waals surface area contributed by atoms with Gasteiger partial charge < -0.3 is 0 Å². The summed E-state index contributed by atoms with van der Waals surface area (Å²) in [7, 11) is 0. The maximum atomic E-state index is 13.4. The number of benzene rings is 2. The highest BCUT2D eigenvalue weighted by Gasteiger charge is 2.19. The molecule has 0 fully saturated rings. The first-order valence-corrected chi connectivity index (χ1v) is 6.93. The molecule has 2 aromatic carbocycles. The van der Waals surface area contributed by atoms with E-state index in [4.69, 9.17) is 11.6 Å². The lowest BCUT2D eigenvalue weighted by atomic mass is 9.90. The molecular weight excluding hydrogens is 278 g/mol. The number of hydrogen-bond donors (Lipinski definition) is 0. The van der Waals surface area contributed by atoms with Crippen LogP contribution >= 0.6 is 11.6 Å². The van der Waals surface area contributed by atoms with Crippen molar-refractivity contribution in [3.05, 3.63) is 69.3 Å². The molecule has 0 amide bonds. The lowest BCUT2D eigenvalue weighted by molar-refractivity contribution is 0.507. The third kappa shape index (κ3) is 2.57. The molecule has 2 rings (SSSR count). The predicted octanol–water partition coefficient (Wildman–Crippen LogP) is 5.53. The molecular formula is C17H17ClF2. The van der Waals surface area contributed by atoms with E-state index < -0.39 is 17.0 Å². The van der Waals surface area contributed by atoms with Gasteiger partial charge in [0.05, 0.1) is 5.38 Å². The van der Waals surface area contributed by atoms with Crippen LogP contribution in [0.3, 0.4) is 0 Å². The average Bonchev–Trinajstić information content (AvgIpc) is 2.40. The summed E-state index contributed by atoms with van der Waals surface area (Å²) in [6.07, 6.45) is 0. The van der Waals surface area contributed by atoms with Crippen molar-refractivity contribution in [1.29, 1.82) is 0 Å². The van der Waals surface area contributed by atoms with Crippen molar-refractivity contribution in [3.8, 4) is 0 Å². The molecule has 0 bridgehead atoms. The van der Waals surface area contributed by atoms with Crippen molar-refractivity contribution in [2.24, 2.45) is 0 Å². The van der Waals surface area contributed by atoms with Crippen LogP contribution in [0.2, 0.25) is 0 Å². The highest BCUT2D eigenvalue weighted by atomic mass is 35.5. The Labute approximate surface area is 123 Å². The normalized spacial score (nSPS) is 12.6. The zero-order valence-electron chi connectivity index (χ0n) is 12.0. The van der Waals surface area contributed by atoms with E-state index in [1.807, 2.05) is 27.7 Å². The van der Waals surface area contributed by atoms with Crippen LogP contribution in [-0.2, 0) is 0 Å². The molecule has 0 spiro atoms. The Balaban J connectivity index is 2.58. The van der Waals surface area contributed by atoms with Crippen molar-refractivity contribution in [2.75, 3.05) is 0 Å². The molecule has 0 aliphatic heterocycles. The Bertz CT molecular complexity index is 636. The molecule has 0 saturated carbocycles. The zero-order chi connectivity index (χ0) is 15.0. The molecule has 0 nitrogen and oxygen atoms in total. The van der Waals surface area contributed by atoms with Crippen molar-refractivity contribution < 1.29 is 8.78 Å². The summed E-state index contributed by atoms with van der Waals surface area (Å²) < 4.78 is 26.4. The van der Waals surface area contributed by atoms with E-state index in [0.29, 0.717) is 5.56 Å². The van der Waals surface area contributed by atoms with E-state index >= 15 is 0 Å². The van der Waals surface area contributed by atoms with Crippen LogP contribution in [0, 0.1) is 39.3 Å². The SMILES string of the molecule is Cc1cc(C)c(C)c(C(Cl)c2ccc(F)c(F)c2)c1C. The lowest BCUT2D eigenvalue weighted by Crippen LogP contribution is -2.04. The van der Waals surface area contributed by atoms with Crippen LogP contribution in [0.15, 0.2) is 24.3 Å². The Morgan fingerprint density at radius 2 is 1.40 bits per heavy atom. The van der Waals surface area contributed by atoms with Gasteiger partial charge >= 0.3 is 0 Å². The zero-order valence-corrected chi connectivity index (χ0v) is 12.8. The third-order valence-electron chi connectivity index (χ3n) is 3.91. The maximum absolute atomic E-state index is 13.4. The number of alkyl halides is 1. The molecule has 0 aliphatic rings. The smallest absolute Gasteiger partial charge is 0.159 e. The van der Waals surface area contributed by atoms with Gasteiger partial charge in [0.2, 0.25) is 0 Å². The highest BCUT2D eigenvalue weighted by Crippen LogP contribution is 2.36. The van der Waals surface area contributed by atoms with Gasteiger partial charge in [-0.3, -0.25) is 0 Å². The Hall–Kier alpha value is -1.41. The van der Waals surface area contributed by atoms with Gasteiger partial charge in [0.25, 0.3) is 0 Å². The largest absolute Gasteiger partial charge is 0.204 e. The van der Waals surface area contributed by atoms with Crippen molar-refractivity contribution in [1.82, 2.24) is 0 Å². The Kier molecular flexibility index (Phi) is 4.14. The van der Waals surface area contributed by atoms with Crippen LogP contribution in [0.4, 0.5) is 8.78 Å². The van der Waals surface area contributed by atoms with E-state index in [1.165, 1.54) is 12.1 Å². The molecule has 0 radical (unpaired) electrons. The summed E-state index contributed by atoms with van der Waals surface area (Å²) in [4.78, 5) is 0. The molecule has 0 aromatic heterocycles. The van der Waals surface area contributed by atoms with Gasteiger partial charge in [-0.25, -0.2) is 8.78 Å². The average molecular weight is 295 g/mol. The van der Waals surface area contributed by atoms with Crippen molar-refractivity contribution in [2.45, 2.75) is 33.1 Å². The van der Waals surface area contributed by atoms with E-state index in [2.05, 4.69) is 6.07 Å². The molecule has 0 aliphatic carbocycles. The molecule has 20 heavy (non-hydrogen) atoms. The highest BCUT2D eigenvalue weighted by molar-refractivity contribution is 6.22. The standard InChI is InChI=1S/C17H17ClF2/c1-9-7-10(2)12(4)16(11(9)3)17(18)13-5-6-14(19)15(20)8-13/h5-8,17H,1-4H3. The second kappa shape index (κ2) is 5.53. The lowest BCUT2D eigenvalue weighted by Gasteiger charge is -2.20. The predicted molar refractivity (Wildman–Crippen MR) is 79.4 cm³/mol. The number of hydrogen-bond acceptors (Lipinski definition) is 0.